The van der Waals surface area contributed by atoms with Crippen LogP contribution < -0.4 is 20.3 Å². The number of amides is 3. The lowest BCUT2D eigenvalue weighted by Gasteiger charge is -2.27. The van der Waals surface area contributed by atoms with Gasteiger partial charge in [-0.15, -0.1) is 5.10 Å². The normalized spacial score (nSPS) is 29.7. The van der Waals surface area contributed by atoms with Gasteiger partial charge in [0.1, 0.15) is 17.7 Å². The first kappa shape index (κ1) is 34.1. The SMILES string of the molecule is COCCn1nc(OC2CC3C(=O)NC4(C(=O)NS(=O)(=O)C5CC5)CC4C=CCCC(C)CC(C)CC(=O)N3C2)c2ccccc2c1=O. The molecule has 14 heteroatoms. The van der Waals surface area contributed by atoms with Crippen LogP contribution in [0.3, 0.4) is 0 Å². The van der Waals surface area contributed by atoms with E-state index in [1.165, 1.54) is 16.7 Å². The number of carbonyl (C=O) groups excluding carboxylic acids is 3. The quantitative estimate of drug-likeness (QED) is 0.397. The van der Waals surface area contributed by atoms with Crippen LogP contribution in [0.5, 0.6) is 5.88 Å². The van der Waals surface area contributed by atoms with E-state index >= 15 is 0 Å². The summed E-state index contributed by atoms with van der Waals surface area (Å²) in [5, 5.41) is 7.72. The van der Waals surface area contributed by atoms with Crippen LogP contribution >= 0.6 is 0 Å². The second-order valence-corrected chi connectivity index (χ2v) is 16.0. The molecule has 1 aromatic heterocycles. The zero-order valence-corrected chi connectivity index (χ0v) is 28.5. The van der Waals surface area contributed by atoms with E-state index in [4.69, 9.17) is 9.47 Å². The van der Waals surface area contributed by atoms with E-state index in [0.29, 0.717) is 29.5 Å². The molecule has 260 valence electrons. The number of fused-ring (bicyclic) bond motifs is 3. The summed E-state index contributed by atoms with van der Waals surface area (Å²) in [6, 6.07) is 6.02. The van der Waals surface area contributed by atoms with Gasteiger partial charge in [-0.25, -0.2) is 13.1 Å². The maximum atomic E-state index is 14.1. The summed E-state index contributed by atoms with van der Waals surface area (Å²) in [5.41, 5.74) is -1.72. The van der Waals surface area contributed by atoms with E-state index in [0.717, 1.165) is 19.3 Å². The molecule has 2 aliphatic carbocycles. The second-order valence-electron chi connectivity index (χ2n) is 14.0. The molecule has 6 rings (SSSR count). The maximum absolute atomic E-state index is 14.1. The van der Waals surface area contributed by atoms with Crippen molar-refractivity contribution in [3.63, 3.8) is 0 Å². The van der Waals surface area contributed by atoms with Crippen molar-refractivity contribution in [3.8, 4) is 5.88 Å². The predicted octanol–water partition coefficient (Wildman–Crippen LogP) is 2.28. The van der Waals surface area contributed by atoms with E-state index in [-0.39, 0.29) is 68.1 Å². The third-order valence-electron chi connectivity index (χ3n) is 9.99. The smallest absolute Gasteiger partial charge is 0.274 e. The highest BCUT2D eigenvalue weighted by molar-refractivity contribution is 7.91. The topological polar surface area (TPSA) is 166 Å². The number of aromatic nitrogens is 2. The van der Waals surface area contributed by atoms with Gasteiger partial charge in [-0.1, -0.05) is 38.1 Å². The van der Waals surface area contributed by atoms with Gasteiger partial charge < -0.3 is 19.7 Å². The molecule has 48 heavy (non-hydrogen) atoms. The third-order valence-corrected chi connectivity index (χ3v) is 11.8. The van der Waals surface area contributed by atoms with Crippen LogP contribution in [0.4, 0.5) is 0 Å². The molecule has 3 fully saturated rings. The molecule has 2 aliphatic heterocycles. The number of nitrogens with one attached hydrogen (secondary N) is 2. The highest BCUT2D eigenvalue weighted by Gasteiger charge is 2.62. The molecule has 0 radical (unpaired) electrons. The second kappa shape index (κ2) is 13.6. The van der Waals surface area contributed by atoms with Crippen molar-refractivity contribution in [1.82, 2.24) is 24.7 Å². The molecule has 1 aromatic carbocycles. The van der Waals surface area contributed by atoms with Crippen molar-refractivity contribution < 1.29 is 32.3 Å². The van der Waals surface area contributed by atoms with Crippen LogP contribution in [0.25, 0.3) is 10.8 Å². The Balaban J connectivity index is 1.30. The summed E-state index contributed by atoms with van der Waals surface area (Å²) in [6.45, 7) is 4.77. The van der Waals surface area contributed by atoms with Gasteiger partial charge in [0, 0.05) is 25.9 Å². The lowest BCUT2D eigenvalue weighted by molar-refractivity contribution is -0.140. The number of carbonyl (C=O) groups is 3. The first-order valence-corrected chi connectivity index (χ1v) is 18.5. The molecule has 2 aromatic rings. The summed E-state index contributed by atoms with van der Waals surface area (Å²) in [5.74, 6) is -1.21. The van der Waals surface area contributed by atoms with Crippen molar-refractivity contribution in [2.45, 2.75) is 94.7 Å². The fourth-order valence-corrected chi connectivity index (χ4v) is 8.46. The van der Waals surface area contributed by atoms with Crippen molar-refractivity contribution in [3.05, 3.63) is 46.8 Å². The van der Waals surface area contributed by atoms with Gasteiger partial charge in [-0.3, -0.25) is 23.9 Å². The number of rotatable bonds is 8. The van der Waals surface area contributed by atoms with E-state index in [9.17, 15) is 27.6 Å². The Morgan fingerprint density at radius 1 is 1.08 bits per heavy atom. The van der Waals surface area contributed by atoms with Crippen LogP contribution in [0.1, 0.15) is 65.2 Å². The number of hydrogen-bond donors (Lipinski definition) is 2. The fourth-order valence-electron chi connectivity index (χ4n) is 7.10. The van der Waals surface area contributed by atoms with Crippen molar-refractivity contribution >= 4 is 38.5 Å². The van der Waals surface area contributed by atoms with Crippen LogP contribution in [0.2, 0.25) is 0 Å². The maximum Gasteiger partial charge on any atom is 0.274 e. The van der Waals surface area contributed by atoms with Crippen LogP contribution in [0.15, 0.2) is 41.2 Å². The zero-order chi connectivity index (χ0) is 34.2. The Morgan fingerprint density at radius 2 is 1.83 bits per heavy atom. The first-order valence-electron chi connectivity index (χ1n) is 16.9. The molecule has 0 spiro atoms. The molecule has 2 saturated carbocycles. The summed E-state index contributed by atoms with van der Waals surface area (Å²) in [6.07, 6.45) is 7.40. The van der Waals surface area contributed by atoms with Gasteiger partial charge in [0.15, 0.2) is 0 Å². The van der Waals surface area contributed by atoms with E-state index in [1.54, 1.807) is 24.3 Å². The third kappa shape index (κ3) is 7.14. The van der Waals surface area contributed by atoms with Gasteiger partial charge in [-0.2, -0.15) is 0 Å². The fraction of sp³-hybridized carbons (Fsp3) is 0.618. The minimum atomic E-state index is -3.84. The lowest BCUT2D eigenvalue weighted by atomic mass is 9.91. The molecular weight excluding hydrogens is 638 g/mol. The lowest BCUT2D eigenvalue weighted by Crippen LogP contribution is -2.56. The minimum absolute atomic E-state index is 0.0818. The number of methoxy groups -OCH3 is 1. The molecule has 13 nitrogen and oxygen atoms in total. The van der Waals surface area contributed by atoms with E-state index < -0.39 is 44.8 Å². The van der Waals surface area contributed by atoms with Gasteiger partial charge in [0.25, 0.3) is 11.5 Å². The summed E-state index contributed by atoms with van der Waals surface area (Å²) >= 11 is 0. The average molecular weight is 684 g/mol. The van der Waals surface area contributed by atoms with Crippen LogP contribution in [0, 0.1) is 17.8 Å². The van der Waals surface area contributed by atoms with Crippen molar-refractivity contribution in [2.75, 3.05) is 20.3 Å². The Hall–Kier alpha value is -3.78. The van der Waals surface area contributed by atoms with Gasteiger partial charge in [0.05, 0.1) is 35.7 Å². The predicted molar refractivity (Wildman–Crippen MR) is 177 cm³/mol. The first-order chi connectivity index (χ1) is 22.9. The van der Waals surface area contributed by atoms with Crippen LogP contribution in [-0.2, 0) is 35.7 Å². The molecule has 1 saturated heterocycles. The van der Waals surface area contributed by atoms with Gasteiger partial charge in [-0.05, 0) is 62.5 Å². The average Bonchev–Trinajstić information content (AvgIpc) is 3.97. The zero-order valence-electron chi connectivity index (χ0n) is 27.7. The standard InChI is InChI=1S/C34H45N5O8S/c1-21-8-4-5-9-23-19-34(23,33(43)37-48(44,45)25-12-13-25)35-30(41)28-18-24(20-38(28)29(40)17-22(2)16-21)47-31-26-10-6-7-11-27(26)32(42)39(36-31)14-15-46-3/h5-7,9-11,21-25,28H,4,8,12-20H2,1-3H3,(H,35,41)(H,37,43). The van der Waals surface area contributed by atoms with Gasteiger partial charge >= 0.3 is 0 Å². The molecule has 6 unspecified atom stereocenters. The minimum Gasteiger partial charge on any atom is -0.471 e. The van der Waals surface area contributed by atoms with Crippen molar-refractivity contribution in [1.29, 1.82) is 0 Å². The Morgan fingerprint density at radius 3 is 2.56 bits per heavy atom. The number of ether oxygens (including phenoxy) is 2. The van der Waals surface area contributed by atoms with Gasteiger partial charge in [0.2, 0.25) is 27.7 Å². The molecule has 4 aliphatic rings. The summed E-state index contributed by atoms with van der Waals surface area (Å²) in [7, 11) is -2.31. The monoisotopic (exact) mass is 683 g/mol. The Kier molecular flexibility index (Phi) is 9.67. The highest BCUT2D eigenvalue weighted by atomic mass is 32.2. The molecule has 2 N–H and O–H groups in total. The molecular formula is C34H45N5O8S. The molecule has 3 amide bonds. The number of benzene rings is 1. The number of hydrogen-bond acceptors (Lipinski definition) is 9. The Bertz CT molecular complexity index is 1770. The molecule has 0 bridgehead atoms. The molecule has 6 atom stereocenters. The van der Waals surface area contributed by atoms with Crippen molar-refractivity contribution in [2.24, 2.45) is 17.8 Å². The molecule has 3 heterocycles. The summed E-state index contributed by atoms with van der Waals surface area (Å²) < 4.78 is 40.5. The van der Waals surface area contributed by atoms with E-state index in [1.807, 2.05) is 19.1 Å². The number of allylic oxidation sites excluding steroid dienone is 1. The number of nitrogens with zero attached hydrogens (tertiary/aromatic N) is 3. The number of sulfonamides is 1. The Labute approximate surface area is 280 Å². The van der Waals surface area contributed by atoms with E-state index in [2.05, 4.69) is 22.1 Å². The van der Waals surface area contributed by atoms with Crippen LogP contribution in [-0.4, -0.2) is 84.0 Å². The largest absolute Gasteiger partial charge is 0.471 e. The summed E-state index contributed by atoms with van der Waals surface area (Å²) in [4.78, 5) is 56.1. The highest BCUT2D eigenvalue weighted by Crippen LogP contribution is 2.46.